The third-order valence-corrected chi connectivity index (χ3v) is 5.48. The number of rotatable bonds is 7. The summed E-state index contributed by atoms with van der Waals surface area (Å²) >= 11 is 0. The van der Waals surface area contributed by atoms with Crippen molar-refractivity contribution in [3.05, 3.63) is 42.0 Å². The second kappa shape index (κ2) is 8.26. The van der Waals surface area contributed by atoms with Crippen molar-refractivity contribution >= 4 is 15.9 Å². The van der Waals surface area contributed by atoms with E-state index in [1.807, 2.05) is 0 Å². The van der Waals surface area contributed by atoms with E-state index in [1.165, 1.54) is 6.08 Å². The molecular formula is C17H24N2O3S. The molecule has 0 heterocycles. The first-order valence-electron chi connectivity index (χ1n) is 8.03. The molecule has 2 N–H and O–H groups in total. The second-order valence-electron chi connectivity index (χ2n) is 5.79. The molecule has 0 bridgehead atoms. The Labute approximate surface area is 138 Å². The lowest BCUT2D eigenvalue weighted by Crippen LogP contribution is -2.32. The van der Waals surface area contributed by atoms with Gasteiger partial charge in [0.15, 0.2) is 0 Å². The van der Waals surface area contributed by atoms with Crippen LogP contribution < -0.4 is 10.0 Å². The minimum atomic E-state index is -3.43. The predicted molar refractivity (Wildman–Crippen MR) is 90.5 cm³/mol. The highest BCUT2D eigenvalue weighted by Gasteiger charge is 2.22. The molecule has 2 rings (SSSR count). The van der Waals surface area contributed by atoms with Crippen LogP contribution in [0.4, 0.5) is 0 Å². The van der Waals surface area contributed by atoms with Crippen LogP contribution in [0.3, 0.4) is 0 Å². The van der Waals surface area contributed by atoms with E-state index in [1.54, 1.807) is 37.3 Å². The molecule has 5 nitrogen and oxygen atoms in total. The first-order valence-corrected chi connectivity index (χ1v) is 9.51. The molecule has 0 spiro atoms. The SMILES string of the molecule is C/C=C/C(=O)NCCc1ccc(S(=O)(=O)NC2CCCC2)cc1. The van der Waals surface area contributed by atoms with Gasteiger partial charge in [0, 0.05) is 12.6 Å². The number of hydrogen-bond donors (Lipinski definition) is 2. The molecule has 1 saturated carbocycles. The monoisotopic (exact) mass is 336 g/mol. The maximum Gasteiger partial charge on any atom is 0.243 e. The number of carbonyl (C=O) groups is 1. The second-order valence-corrected chi connectivity index (χ2v) is 7.50. The minimum Gasteiger partial charge on any atom is -0.352 e. The van der Waals surface area contributed by atoms with E-state index in [4.69, 9.17) is 0 Å². The molecule has 126 valence electrons. The van der Waals surface area contributed by atoms with Gasteiger partial charge in [-0.2, -0.15) is 0 Å². The zero-order valence-corrected chi connectivity index (χ0v) is 14.2. The first-order chi connectivity index (χ1) is 11.0. The molecule has 6 heteroatoms. The third-order valence-electron chi connectivity index (χ3n) is 3.94. The molecule has 0 saturated heterocycles. The van der Waals surface area contributed by atoms with Crippen LogP contribution in [0, 0.1) is 0 Å². The number of allylic oxidation sites excluding steroid dienone is 1. The van der Waals surface area contributed by atoms with Gasteiger partial charge in [-0.25, -0.2) is 13.1 Å². The molecule has 0 atom stereocenters. The normalized spacial score (nSPS) is 16.0. The van der Waals surface area contributed by atoms with Gasteiger partial charge in [-0.15, -0.1) is 0 Å². The van der Waals surface area contributed by atoms with Gasteiger partial charge in [0.05, 0.1) is 4.90 Å². The largest absolute Gasteiger partial charge is 0.352 e. The lowest BCUT2D eigenvalue weighted by atomic mass is 10.1. The Morgan fingerprint density at radius 3 is 2.48 bits per heavy atom. The van der Waals surface area contributed by atoms with Gasteiger partial charge in [-0.1, -0.05) is 31.1 Å². The van der Waals surface area contributed by atoms with E-state index in [0.717, 1.165) is 31.2 Å². The summed E-state index contributed by atoms with van der Waals surface area (Å²) in [6, 6.07) is 6.91. The van der Waals surface area contributed by atoms with Crippen LogP contribution in [0.2, 0.25) is 0 Å². The highest BCUT2D eigenvalue weighted by molar-refractivity contribution is 7.89. The summed E-state index contributed by atoms with van der Waals surface area (Å²) < 4.78 is 27.4. The summed E-state index contributed by atoms with van der Waals surface area (Å²) in [6.45, 7) is 2.31. The molecule has 0 aliphatic heterocycles. The zero-order valence-electron chi connectivity index (χ0n) is 13.4. The Hall–Kier alpha value is -1.66. The van der Waals surface area contributed by atoms with Crippen molar-refractivity contribution in [2.24, 2.45) is 0 Å². The lowest BCUT2D eigenvalue weighted by molar-refractivity contribution is -0.116. The maximum atomic E-state index is 12.3. The van der Waals surface area contributed by atoms with Crippen LogP contribution >= 0.6 is 0 Å². The van der Waals surface area contributed by atoms with E-state index in [0.29, 0.717) is 17.9 Å². The fourth-order valence-corrected chi connectivity index (χ4v) is 4.01. The van der Waals surface area contributed by atoms with E-state index >= 15 is 0 Å². The maximum absolute atomic E-state index is 12.3. The number of hydrogen-bond acceptors (Lipinski definition) is 3. The van der Waals surface area contributed by atoms with Crippen molar-refractivity contribution < 1.29 is 13.2 Å². The van der Waals surface area contributed by atoms with Crippen molar-refractivity contribution in [1.29, 1.82) is 0 Å². The zero-order chi connectivity index (χ0) is 16.7. The van der Waals surface area contributed by atoms with Crippen molar-refractivity contribution in [2.45, 2.75) is 50.0 Å². The van der Waals surface area contributed by atoms with E-state index < -0.39 is 10.0 Å². The molecule has 0 unspecified atom stereocenters. The first kappa shape index (κ1) is 17.7. The summed E-state index contributed by atoms with van der Waals surface area (Å²) in [4.78, 5) is 11.6. The van der Waals surface area contributed by atoms with E-state index in [-0.39, 0.29) is 11.9 Å². The van der Waals surface area contributed by atoms with Crippen molar-refractivity contribution in [3.63, 3.8) is 0 Å². The highest BCUT2D eigenvalue weighted by Crippen LogP contribution is 2.20. The van der Waals surface area contributed by atoms with Crippen LogP contribution in [0.1, 0.15) is 38.2 Å². The summed E-state index contributed by atoms with van der Waals surface area (Å²) in [5.41, 5.74) is 0.991. The molecule has 0 radical (unpaired) electrons. The Kier molecular flexibility index (Phi) is 6.36. The molecule has 1 aliphatic carbocycles. The van der Waals surface area contributed by atoms with Gasteiger partial charge in [0.1, 0.15) is 0 Å². The van der Waals surface area contributed by atoms with Gasteiger partial charge in [0.25, 0.3) is 0 Å². The third kappa shape index (κ3) is 5.48. The van der Waals surface area contributed by atoms with Crippen molar-refractivity contribution in [3.8, 4) is 0 Å². The Morgan fingerprint density at radius 1 is 1.22 bits per heavy atom. The Bertz CT molecular complexity index is 645. The fraction of sp³-hybridized carbons (Fsp3) is 0.471. The number of amides is 1. The van der Waals surface area contributed by atoms with E-state index in [9.17, 15) is 13.2 Å². The van der Waals surface area contributed by atoms with Crippen molar-refractivity contribution in [1.82, 2.24) is 10.0 Å². The van der Waals surface area contributed by atoms with Crippen LogP contribution in [0.25, 0.3) is 0 Å². The van der Waals surface area contributed by atoms with Crippen molar-refractivity contribution in [2.75, 3.05) is 6.54 Å². The molecule has 1 fully saturated rings. The van der Waals surface area contributed by atoms with E-state index in [2.05, 4.69) is 10.0 Å². The molecule has 1 amide bonds. The Balaban J connectivity index is 1.89. The standard InChI is InChI=1S/C17H24N2O3S/c1-2-5-17(20)18-13-12-14-8-10-16(11-9-14)23(21,22)19-15-6-3-4-7-15/h2,5,8-11,15,19H,3-4,6-7,12-13H2,1H3,(H,18,20)/b5-2+. The van der Waals surface area contributed by atoms with Gasteiger partial charge in [-0.05, 0) is 50.0 Å². The summed E-state index contributed by atoms with van der Waals surface area (Å²) in [6.07, 6.45) is 7.85. The quantitative estimate of drug-likeness (QED) is 0.749. The van der Waals surface area contributed by atoms with Crippen LogP contribution in [-0.2, 0) is 21.2 Å². The molecule has 1 aliphatic rings. The molecule has 23 heavy (non-hydrogen) atoms. The number of benzene rings is 1. The van der Waals surface area contributed by atoms with Gasteiger partial charge >= 0.3 is 0 Å². The van der Waals surface area contributed by atoms with Crippen LogP contribution in [0.5, 0.6) is 0 Å². The summed E-state index contributed by atoms with van der Waals surface area (Å²) in [5, 5.41) is 2.77. The Morgan fingerprint density at radius 2 is 1.87 bits per heavy atom. The predicted octanol–water partition coefficient (Wildman–Crippen LogP) is 2.14. The summed E-state index contributed by atoms with van der Waals surface area (Å²) in [7, 11) is -3.43. The van der Waals surface area contributed by atoms with Gasteiger partial charge in [0.2, 0.25) is 15.9 Å². The molecule has 1 aromatic rings. The average Bonchev–Trinajstić information content (AvgIpc) is 3.00. The lowest BCUT2D eigenvalue weighted by Gasteiger charge is -2.12. The van der Waals surface area contributed by atoms with Gasteiger partial charge < -0.3 is 5.32 Å². The fourth-order valence-electron chi connectivity index (χ4n) is 2.71. The van der Waals surface area contributed by atoms with Gasteiger partial charge in [-0.3, -0.25) is 4.79 Å². The van der Waals surface area contributed by atoms with Crippen LogP contribution in [0.15, 0.2) is 41.3 Å². The number of nitrogens with one attached hydrogen (secondary N) is 2. The van der Waals surface area contributed by atoms with Crippen LogP contribution in [-0.4, -0.2) is 26.9 Å². The molecular weight excluding hydrogens is 312 g/mol. The smallest absolute Gasteiger partial charge is 0.243 e. The molecule has 0 aromatic heterocycles. The summed E-state index contributed by atoms with van der Waals surface area (Å²) in [5.74, 6) is -0.118. The number of carbonyl (C=O) groups excluding carboxylic acids is 1. The molecule has 1 aromatic carbocycles. The topological polar surface area (TPSA) is 75.3 Å². The highest BCUT2D eigenvalue weighted by atomic mass is 32.2. The minimum absolute atomic E-state index is 0.0708. The number of sulfonamides is 1. The average molecular weight is 336 g/mol.